The van der Waals surface area contributed by atoms with Crippen molar-refractivity contribution in [1.29, 1.82) is 0 Å². The third-order valence-corrected chi connectivity index (χ3v) is 2.91. The highest BCUT2D eigenvalue weighted by Gasteiger charge is 2.08. The average molecular weight is 302 g/mol. The van der Waals surface area contributed by atoms with E-state index in [1.807, 2.05) is 31.2 Å². The first-order valence-corrected chi connectivity index (χ1v) is 6.35. The van der Waals surface area contributed by atoms with Crippen LogP contribution in [-0.4, -0.2) is 4.98 Å². The number of aryl methyl sites for hydroxylation is 1. The molecule has 2 heteroatoms. The maximum absolute atomic E-state index is 4.52. The molecular weight excluding hydrogens is 286 g/mol. The fraction of sp³-hybridized carbons (Fsp3) is 0.0625. The Hall–Kier alpha value is -1.67. The zero-order valence-electron chi connectivity index (χ0n) is 10.5. The molecule has 1 rings (SSSR count). The highest BCUT2D eigenvalue weighted by Crippen LogP contribution is 2.25. The summed E-state index contributed by atoms with van der Waals surface area (Å²) >= 11 is 3.40. The number of rotatable bonds is 5. The van der Waals surface area contributed by atoms with Crippen molar-refractivity contribution in [3.8, 4) is 0 Å². The van der Waals surface area contributed by atoms with Crippen LogP contribution in [0.15, 0.2) is 72.4 Å². The van der Waals surface area contributed by atoms with Crippen LogP contribution in [0.3, 0.4) is 0 Å². The molecule has 1 nitrogen and oxygen atoms in total. The zero-order chi connectivity index (χ0) is 13.5. The van der Waals surface area contributed by atoms with Crippen molar-refractivity contribution in [2.24, 2.45) is 0 Å². The summed E-state index contributed by atoms with van der Waals surface area (Å²) in [6.07, 6.45) is 9.13. The van der Waals surface area contributed by atoms with E-state index in [2.05, 4.69) is 40.7 Å². The smallest absolute Gasteiger partial charge is 0.106 e. The van der Waals surface area contributed by atoms with Crippen molar-refractivity contribution in [2.45, 2.75) is 6.92 Å². The lowest BCUT2D eigenvalue weighted by Crippen LogP contribution is -1.94. The standard InChI is InChI=1S/C16H16BrN/c1-5-8-9-14(13(6-2)7-3)16-12(4)10-11-15(17)18-16/h5-11H,1-3H2,4H3/b9-8-. The second-order valence-corrected chi connectivity index (χ2v) is 4.48. The molecule has 18 heavy (non-hydrogen) atoms. The Morgan fingerprint density at radius 2 is 1.89 bits per heavy atom. The molecular formula is C16H16BrN. The molecule has 0 aliphatic rings. The van der Waals surface area contributed by atoms with E-state index in [-0.39, 0.29) is 0 Å². The van der Waals surface area contributed by atoms with Gasteiger partial charge in [-0.2, -0.15) is 0 Å². The third-order valence-electron chi connectivity index (χ3n) is 2.47. The van der Waals surface area contributed by atoms with Crippen molar-refractivity contribution in [3.63, 3.8) is 0 Å². The number of pyridine rings is 1. The summed E-state index contributed by atoms with van der Waals surface area (Å²) in [5.41, 5.74) is 3.95. The fourth-order valence-electron chi connectivity index (χ4n) is 1.56. The molecule has 0 spiro atoms. The zero-order valence-corrected chi connectivity index (χ0v) is 12.1. The van der Waals surface area contributed by atoms with Crippen LogP contribution in [0, 0.1) is 6.92 Å². The van der Waals surface area contributed by atoms with E-state index in [0.29, 0.717) is 0 Å². The Labute approximate surface area is 117 Å². The molecule has 0 N–H and O–H groups in total. The van der Waals surface area contributed by atoms with Crippen molar-refractivity contribution < 1.29 is 0 Å². The topological polar surface area (TPSA) is 12.9 Å². The molecule has 0 bridgehead atoms. The van der Waals surface area contributed by atoms with Gasteiger partial charge in [-0.3, -0.25) is 0 Å². The lowest BCUT2D eigenvalue weighted by atomic mass is 10.0. The van der Waals surface area contributed by atoms with Gasteiger partial charge in [-0.25, -0.2) is 4.98 Å². The van der Waals surface area contributed by atoms with Crippen LogP contribution < -0.4 is 0 Å². The predicted molar refractivity (Wildman–Crippen MR) is 83.3 cm³/mol. The minimum absolute atomic E-state index is 0.806. The van der Waals surface area contributed by atoms with Crippen LogP contribution in [0.5, 0.6) is 0 Å². The number of hydrogen-bond donors (Lipinski definition) is 0. The SMILES string of the molecule is C=C/C=C\C(=C(C=C)C=C)c1nc(Br)ccc1C. The molecule has 0 aliphatic carbocycles. The lowest BCUT2D eigenvalue weighted by Gasteiger charge is -2.09. The van der Waals surface area contributed by atoms with Crippen LogP contribution in [0.25, 0.3) is 5.57 Å². The lowest BCUT2D eigenvalue weighted by molar-refractivity contribution is 1.19. The molecule has 92 valence electrons. The van der Waals surface area contributed by atoms with E-state index in [1.165, 1.54) is 0 Å². The van der Waals surface area contributed by atoms with E-state index >= 15 is 0 Å². The molecule has 0 atom stereocenters. The number of nitrogens with zero attached hydrogens (tertiary/aromatic N) is 1. The largest absolute Gasteiger partial charge is 0.241 e. The molecule has 1 heterocycles. The summed E-state index contributed by atoms with van der Waals surface area (Å²) in [5, 5.41) is 0. The first-order valence-electron chi connectivity index (χ1n) is 5.55. The molecule has 0 saturated carbocycles. The number of allylic oxidation sites excluding steroid dienone is 7. The van der Waals surface area contributed by atoms with Gasteiger partial charge in [0.2, 0.25) is 0 Å². The predicted octanol–water partition coefficient (Wildman–Crippen LogP) is 5.02. The molecule has 0 fully saturated rings. The van der Waals surface area contributed by atoms with Crippen LogP contribution in [-0.2, 0) is 0 Å². The highest BCUT2D eigenvalue weighted by atomic mass is 79.9. The quantitative estimate of drug-likeness (QED) is 0.549. The minimum atomic E-state index is 0.806. The van der Waals surface area contributed by atoms with Gasteiger partial charge >= 0.3 is 0 Å². The molecule has 0 saturated heterocycles. The molecule has 0 aliphatic heterocycles. The fourth-order valence-corrected chi connectivity index (χ4v) is 1.87. The second-order valence-electron chi connectivity index (χ2n) is 3.67. The normalized spacial score (nSPS) is 10.1. The Balaban J connectivity index is 3.52. The third kappa shape index (κ3) is 3.41. The minimum Gasteiger partial charge on any atom is -0.241 e. The summed E-state index contributed by atoms with van der Waals surface area (Å²) in [5.74, 6) is 0. The Kier molecular flexibility index (Phi) is 5.53. The van der Waals surface area contributed by atoms with Crippen LogP contribution in [0.2, 0.25) is 0 Å². The van der Waals surface area contributed by atoms with Gasteiger partial charge in [0.15, 0.2) is 0 Å². The van der Waals surface area contributed by atoms with Gasteiger partial charge in [0, 0.05) is 5.57 Å². The Morgan fingerprint density at radius 3 is 2.44 bits per heavy atom. The molecule has 1 aromatic rings. The van der Waals surface area contributed by atoms with E-state index in [1.54, 1.807) is 18.2 Å². The molecule has 0 radical (unpaired) electrons. The van der Waals surface area contributed by atoms with E-state index < -0.39 is 0 Å². The van der Waals surface area contributed by atoms with Gasteiger partial charge in [-0.05, 0) is 40.1 Å². The van der Waals surface area contributed by atoms with Crippen molar-refractivity contribution in [2.75, 3.05) is 0 Å². The molecule has 0 amide bonds. The number of hydrogen-bond acceptors (Lipinski definition) is 1. The van der Waals surface area contributed by atoms with Crippen molar-refractivity contribution in [3.05, 3.63) is 83.7 Å². The van der Waals surface area contributed by atoms with Gasteiger partial charge in [0.1, 0.15) is 4.60 Å². The van der Waals surface area contributed by atoms with Crippen LogP contribution >= 0.6 is 15.9 Å². The van der Waals surface area contributed by atoms with Gasteiger partial charge in [-0.1, -0.05) is 56.2 Å². The molecule has 0 aromatic carbocycles. The van der Waals surface area contributed by atoms with E-state index in [9.17, 15) is 0 Å². The number of aromatic nitrogens is 1. The van der Waals surface area contributed by atoms with Crippen LogP contribution in [0.1, 0.15) is 11.3 Å². The van der Waals surface area contributed by atoms with Gasteiger partial charge in [-0.15, -0.1) is 0 Å². The van der Waals surface area contributed by atoms with Gasteiger partial charge < -0.3 is 0 Å². The highest BCUT2D eigenvalue weighted by molar-refractivity contribution is 9.10. The number of halogens is 1. The summed E-state index contributed by atoms with van der Waals surface area (Å²) in [6, 6.07) is 3.95. The van der Waals surface area contributed by atoms with E-state index in [0.717, 1.165) is 27.0 Å². The first kappa shape index (κ1) is 14.4. The first-order chi connectivity index (χ1) is 8.63. The second kappa shape index (κ2) is 6.92. The van der Waals surface area contributed by atoms with Crippen molar-refractivity contribution >= 4 is 21.5 Å². The maximum Gasteiger partial charge on any atom is 0.106 e. The average Bonchev–Trinajstić information content (AvgIpc) is 2.38. The Morgan fingerprint density at radius 1 is 1.22 bits per heavy atom. The maximum atomic E-state index is 4.52. The summed E-state index contributed by atoms with van der Waals surface area (Å²) in [7, 11) is 0. The summed E-state index contributed by atoms with van der Waals surface area (Å²) in [6.45, 7) is 13.3. The molecule has 1 aromatic heterocycles. The van der Waals surface area contributed by atoms with Crippen molar-refractivity contribution in [1.82, 2.24) is 4.98 Å². The summed E-state index contributed by atoms with van der Waals surface area (Å²) < 4.78 is 0.806. The Bertz CT molecular complexity index is 526. The van der Waals surface area contributed by atoms with Crippen LogP contribution in [0.4, 0.5) is 0 Å². The van der Waals surface area contributed by atoms with Gasteiger partial charge in [0.25, 0.3) is 0 Å². The summed E-state index contributed by atoms with van der Waals surface area (Å²) in [4.78, 5) is 4.52. The monoisotopic (exact) mass is 301 g/mol. The van der Waals surface area contributed by atoms with Gasteiger partial charge in [0.05, 0.1) is 5.69 Å². The van der Waals surface area contributed by atoms with E-state index in [4.69, 9.17) is 0 Å². The molecule has 0 unspecified atom stereocenters.